The zero-order valence-corrected chi connectivity index (χ0v) is 18.2. The molecule has 0 spiro atoms. The van der Waals surface area contributed by atoms with Gasteiger partial charge in [0.2, 0.25) is 0 Å². The minimum Gasteiger partial charge on any atom is -0.493 e. The van der Waals surface area contributed by atoms with E-state index in [4.69, 9.17) is 21.1 Å². The Morgan fingerprint density at radius 2 is 1.91 bits per heavy atom. The molecule has 0 aliphatic rings. The molecule has 0 aromatic heterocycles. The van der Waals surface area contributed by atoms with Crippen LogP contribution in [0.2, 0.25) is 5.02 Å². The number of nitrogens with zero attached hydrogens (tertiary/aromatic N) is 1. The fourth-order valence-corrected chi connectivity index (χ4v) is 2.51. The summed E-state index contributed by atoms with van der Waals surface area (Å²) in [6.07, 6.45) is 2.03. The van der Waals surface area contributed by atoms with Crippen molar-refractivity contribution < 1.29 is 28.2 Å². The largest absolute Gasteiger partial charge is 0.493 e. The highest BCUT2D eigenvalue weighted by Gasteiger charge is 2.12. The van der Waals surface area contributed by atoms with Crippen LogP contribution in [0.25, 0.3) is 0 Å². The number of halogens is 2. The molecule has 3 amide bonds. The molecule has 170 valence electrons. The summed E-state index contributed by atoms with van der Waals surface area (Å²) < 4.78 is 23.9. The first kappa shape index (κ1) is 24.6. The topological polar surface area (TPSA) is 118 Å². The van der Waals surface area contributed by atoms with Gasteiger partial charge in [-0.15, -0.1) is 0 Å². The first-order chi connectivity index (χ1) is 15.3. The number of benzene rings is 2. The van der Waals surface area contributed by atoms with Crippen molar-refractivity contribution >= 4 is 41.2 Å². The normalized spacial score (nSPS) is 10.5. The van der Waals surface area contributed by atoms with Crippen LogP contribution in [-0.2, 0) is 14.4 Å². The van der Waals surface area contributed by atoms with E-state index < -0.39 is 23.5 Å². The maximum atomic E-state index is 13.2. The number of ether oxygens (including phenoxy) is 2. The van der Waals surface area contributed by atoms with E-state index in [9.17, 15) is 18.8 Å². The molecule has 0 saturated heterocycles. The van der Waals surface area contributed by atoms with Crippen LogP contribution < -0.4 is 25.5 Å². The molecule has 32 heavy (non-hydrogen) atoms. The molecule has 0 unspecified atom stereocenters. The van der Waals surface area contributed by atoms with E-state index in [2.05, 4.69) is 21.2 Å². The van der Waals surface area contributed by atoms with Crippen molar-refractivity contribution in [3.05, 3.63) is 52.8 Å². The third-order valence-electron chi connectivity index (χ3n) is 3.87. The number of carbonyl (C=O) groups excluding carboxylic acids is 3. The highest BCUT2D eigenvalue weighted by Crippen LogP contribution is 2.27. The molecule has 0 heterocycles. The van der Waals surface area contributed by atoms with Crippen LogP contribution in [0.3, 0.4) is 0 Å². The number of hydrazone groups is 1. The van der Waals surface area contributed by atoms with Crippen molar-refractivity contribution in [3.63, 3.8) is 0 Å². The number of nitrogens with one attached hydrogen (secondary N) is 3. The molecular formula is C21H22ClFN4O5. The summed E-state index contributed by atoms with van der Waals surface area (Å²) in [7, 11) is 1.42. The lowest BCUT2D eigenvalue weighted by Gasteiger charge is -2.11. The van der Waals surface area contributed by atoms with Crippen LogP contribution in [0.1, 0.15) is 18.9 Å². The summed E-state index contributed by atoms with van der Waals surface area (Å²) in [5.41, 5.74) is 3.00. The van der Waals surface area contributed by atoms with Gasteiger partial charge in [-0.05, 0) is 48.4 Å². The second-order valence-corrected chi connectivity index (χ2v) is 6.74. The second kappa shape index (κ2) is 12.3. The minimum atomic E-state index is -0.880. The summed E-state index contributed by atoms with van der Waals surface area (Å²) in [6.45, 7) is 1.93. The summed E-state index contributed by atoms with van der Waals surface area (Å²) in [5.74, 6) is -2.11. The second-order valence-electron chi connectivity index (χ2n) is 6.33. The molecule has 3 N–H and O–H groups in total. The van der Waals surface area contributed by atoms with Crippen LogP contribution in [0.15, 0.2) is 41.5 Å². The van der Waals surface area contributed by atoms with Gasteiger partial charge in [0.25, 0.3) is 5.91 Å². The van der Waals surface area contributed by atoms with Crippen LogP contribution in [-0.4, -0.2) is 44.2 Å². The van der Waals surface area contributed by atoms with Crippen LogP contribution in [0.4, 0.5) is 10.1 Å². The Balaban J connectivity index is 1.92. The Kier molecular flexibility index (Phi) is 9.43. The van der Waals surface area contributed by atoms with Gasteiger partial charge in [0.1, 0.15) is 5.82 Å². The standard InChI is InChI=1S/C21H22ClFN4O5/c1-3-8-24-20(29)21(30)27-25-11-13-4-7-17(18(9-13)31-2)32-12-19(28)26-14-5-6-16(23)15(22)10-14/h4-7,9-11H,3,8,12H2,1-2H3,(H,24,29)(H,26,28)(H,27,30)/b25-11-. The number of hydrogen-bond donors (Lipinski definition) is 3. The lowest BCUT2D eigenvalue weighted by atomic mass is 10.2. The zero-order chi connectivity index (χ0) is 23.5. The van der Waals surface area contributed by atoms with E-state index in [1.54, 1.807) is 18.2 Å². The molecule has 0 aliphatic heterocycles. The summed E-state index contributed by atoms with van der Waals surface area (Å²) in [5, 5.41) is 8.59. The third kappa shape index (κ3) is 7.55. The Labute approximate surface area is 188 Å². The first-order valence-corrected chi connectivity index (χ1v) is 9.88. The smallest absolute Gasteiger partial charge is 0.329 e. The van der Waals surface area contributed by atoms with Gasteiger partial charge in [0, 0.05) is 12.2 Å². The molecular weight excluding hydrogens is 443 g/mol. The molecule has 0 aliphatic carbocycles. The lowest BCUT2D eigenvalue weighted by Crippen LogP contribution is -2.38. The molecule has 0 atom stereocenters. The number of amides is 3. The van der Waals surface area contributed by atoms with Gasteiger partial charge in [-0.2, -0.15) is 5.10 Å². The van der Waals surface area contributed by atoms with Crippen molar-refractivity contribution in [1.82, 2.24) is 10.7 Å². The summed E-state index contributed by atoms with van der Waals surface area (Å²) in [4.78, 5) is 35.1. The summed E-state index contributed by atoms with van der Waals surface area (Å²) in [6, 6.07) is 8.54. The van der Waals surface area contributed by atoms with Crippen molar-refractivity contribution in [3.8, 4) is 11.5 Å². The first-order valence-electron chi connectivity index (χ1n) is 9.51. The van der Waals surface area contributed by atoms with Gasteiger partial charge in [0.05, 0.1) is 18.3 Å². The molecule has 11 heteroatoms. The maximum absolute atomic E-state index is 13.2. The van der Waals surface area contributed by atoms with E-state index in [1.165, 1.54) is 25.5 Å². The molecule has 0 radical (unpaired) electrons. The molecule has 2 aromatic rings. The fraction of sp³-hybridized carbons (Fsp3) is 0.238. The highest BCUT2D eigenvalue weighted by molar-refractivity contribution is 6.35. The molecule has 2 aromatic carbocycles. The predicted octanol–water partition coefficient (Wildman–Crippen LogP) is 2.48. The number of anilines is 1. The molecule has 0 fully saturated rings. The van der Waals surface area contributed by atoms with Crippen LogP contribution in [0, 0.1) is 5.82 Å². The number of rotatable bonds is 9. The predicted molar refractivity (Wildman–Crippen MR) is 118 cm³/mol. The van der Waals surface area contributed by atoms with Crippen molar-refractivity contribution in [2.75, 3.05) is 25.6 Å². The van der Waals surface area contributed by atoms with Crippen molar-refractivity contribution in [2.24, 2.45) is 5.10 Å². The molecule has 2 rings (SSSR count). The number of hydrogen-bond acceptors (Lipinski definition) is 6. The monoisotopic (exact) mass is 464 g/mol. The zero-order valence-electron chi connectivity index (χ0n) is 17.4. The third-order valence-corrected chi connectivity index (χ3v) is 4.16. The fourth-order valence-electron chi connectivity index (χ4n) is 2.33. The van der Waals surface area contributed by atoms with Crippen LogP contribution in [0.5, 0.6) is 11.5 Å². The van der Waals surface area contributed by atoms with Gasteiger partial charge < -0.3 is 20.1 Å². The quantitative estimate of drug-likeness (QED) is 0.299. The van der Waals surface area contributed by atoms with Crippen LogP contribution >= 0.6 is 11.6 Å². The van der Waals surface area contributed by atoms with Gasteiger partial charge in [-0.1, -0.05) is 18.5 Å². The molecule has 0 bridgehead atoms. The molecule has 0 saturated carbocycles. The van der Waals surface area contributed by atoms with E-state index in [-0.39, 0.29) is 11.6 Å². The average Bonchev–Trinajstić information content (AvgIpc) is 2.78. The lowest BCUT2D eigenvalue weighted by molar-refractivity contribution is -0.139. The number of carbonyl (C=O) groups is 3. The Morgan fingerprint density at radius 1 is 1.12 bits per heavy atom. The minimum absolute atomic E-state index is 0.111. The SMILES string of the molecule is CCCNC(=O)C(=O)N/N=C\c1ccc(OCC(=O)Nc2ccc(F)c(Cl)c2)c(OC)c1. The Bertz CT molecular complexity index is 1020. The van der Waals surface area contributed by atoms with Crippen molar-refractivity contribution in [2.45, 2.75) is 13.3 Å². The van der Waals surface area contributed by atoms with Gasteiger partial charge in [-0.3, -0.25) is 14.4 Å². The van der Waals surface area contributed by atoms with Gasteiger partial charge >= 0.3 is 11.8 Å². The van der Waals surface area contributed by atoms with E-state index in [0.717, 1.165) is 6.07 Å². The number of methoxy groups -OCH3 is 1. The Hall–Kier alpha value is -3.66. The maximum Gasteiger partial charge on any atom is 0.329 e. The molecule has 9 nitrogen and oxygen atoms in total. The summed E-state index contributed by atoms with van der Waals surface area (Å²) >= 11 is 5.69. The van der Waals surface area contributed by atoms with Gasteiger partial charge in [-0.25, -0.2) is 9.82 Å². The van der Waals surface area contributed by atoms with Crippen molar-refractivity contribution in [1.29, 1.82) is 0 Å². The van der Waals surface area contributed by atoms with E-state index in [1.807, 2.05) is 6.92 Å². The van der Waals surface area contributed by atoms with E-state index >= 15 is 0 Å². The van der Waals surface area contributed by atoms with Gasteiger partial charge in [0.15, 0.2) is 18.1 Å². The Morgan fingerprint density at radius 3 is 2.59 bits per heavy atom. The average molecular weight is 465 g/mol. The highest BCUT2D eigenvalue weighted by atomic mass is 35.5. The van der Waals surface area contributed by atoms with E-state index in [0.29, 0.717) is 35.7 Å².